The van der Waals surface area contributed by atoms with E-state index in [2.05, 4.69) is 22.1 Å². The van der Waals surface area contributed by atoms with Gasteiger partial charge in [0.25, 0.3) is 5.91 Å². The van der Waals surface area contributed by atoms with Gasteiger partial charge in [-0.05, 0) is 25.5 Å². The summed E-state index contributed by atoms with van der Waals surface area (Å²) in [4.78, 5) is 17.1. The summed E-state index contributed by atoms with van der Waals surface area (Å²) in [7, 11) is -2.99. The molecule has 2 saturated heterocycles. The number of hydrogen-bond acceptors (Lipinski definition) is 5. The van der Waals surface area contributed by atoms with Crippen molar-refractivity contribution in [3.8, 4) is 0 Å². The monoisotopic (exact) mass is 388 g/mol. The van der Waals surface area contributed by atoms with Gasteiger partial charge in [-0.3, -0.25) is 9.48 Å². The van der Waals surface area contributed by atoms with Crippen LogP contribution in [0.25, 0.3) is 0 Å². The first-order valence-electron chi connectivity index (χ1n) is 9.28. The lowest BCUT2D eigenvalue weighted by atomic mass is 10.2. The van der Waals surface area contributed by atoms with Crippen LogP contribution in [0.3, 0.4) is 0 Å². The Morgan fingerprint density at radius 2 is 1.81 bits per heavy atom. The van der Waals surface area contributed by atoms with E-state index in [-0.39, 0.29) is 23.5 Å². The van der Waals surface area contributed by atoms with Gasteiger partial charge in [0.2, 0.25) is 0 Å². The van der Waals surface area contributed by atoms with Gasteiger partial charge in [-0.1, -0.05) is 18.2 Å². The van der Waals surface area contributed by atoms with Crippen LogP contribution in [-0.2, 0) is 9.84 Å². The molecule has 0 N–H and O–H groups in total. The van der Waals surface area contributed by atoms with Crippen LogP contribution in [0.5, 0.6) is 0 Å². The van der Waals surface area contributed by atoms with E-state index in [0.717, 1.165) is 18.8 Å². The molecular formula is C19H24N4O3S. The van der Waals surface area contributed by atoms with Crippen LogP contribution in [0.15, 0.2) is 36.5 Å². The highest BCUT2D eigenvalue weighted by atomic mass is 32.2. The molecule has 0 bridgehead atoms. The minimum Gasteiger partial charge on any atom is -0.368 e. The SMILES string of the molecule is Cc1c(C(=O)N2CCN(c3ccccc3)CC2)cnn1C1CCS(=O)(=O)C1. The lowest BCUT2D eigenvalue weighted by molar-refractivity contribution is 0.0746. The van der Waals surface area contributed by atoms with Crippen LogP contribution in [0.2, 0.25) is 0 Å². The highest BCUT2D eigenvalue weighted by Crippen LogP contribution is 2.26. The zero-order valence-corrected chi connectivity index (χ0v) is 16.2. The van der Waals surface area contributed by atoms with Crippen molar-refractivity contribution < 1.29 is 13.2 Å². The highest BCUT2D eigenvalue weighted by molar-refractivity contribution is 7.91. The number of carbonyl (C=O) groups is 1. The zero-order valence-electron chi connectivity index (χ0n) is 15.4. The third-order valence-electron chi connectivity index (χ3n) is 5.52. The molecule has 2 fully saturated rings. The fraction of sp³-hybridized carbons (Fsp3) is 0.474. The summed E-state index contributed by atoms with van der Waals surface area (Å²) < 4.78 is 25.2. The summed E-state index contributed by atoms with van der Waals surface area (Å²) in [5, 5.41) is 4.34. The maximum absolute atomic E-state index is 13.0. The molecule has 7 nitrogen and oxygen atoms in total. The number of benzene rings is 1. The Bertz CT molecular complexity index is 931. The summed E-state index contributed by atoms with van der Waals surface area (Å²) in [5.41, 5.74) is 2.51. The lowest BCUT2D eigenvalue weighted by Crippen LogP contribution is -2.48. The molecule has 8 heteroatoms. The van der Waals surface area contributed by atoms with Crippen molar-refractivity contribution in [3.05, 3.63) is 47.8 Å². The molecule has 0 spiro atoms. The van der Waals surface area contributed by atoms with E-state index >= 15 is 0 Å². The number of para-hydroxylation sites is 1. The Hall–Kier alpha value is -2.35. The molecule has 2 aromatic rings. The molecular weight excluding hydrogens is 364 g/mol. The molecule has 144 valence electrons. The van der Waals surface area contributed by atoms with Crippen LogP contribution >= 0.6 is 0 Å². The third-order valence-corrected chi connectivity index (χ3v) is 7.27. The predicted molar refractivity (Wildman–Crippen MR) is 104 cm³/mol. The molecule has 1 amide bonds. The molecule has 3 heterocycles. The van der Waals surface area contributed by atoms with E-state index in [1.165, 1.54) is 5.69 Å². The molecule has 1 aromatic heterocycles. The van der Waals surface area contributed by atoms with Crippen molar-refractivity contribution in [1.29, 1.82) is 0 Å². The summed E-state index contributed by atoms with van der Waals surface area (Å²) >= 11 is 0. The van der Waals surface area contributed by atoms with Gasteiger partial charge in [0.1, 0.15) is 0 Å². The summed E-state index contributed by atoms with van der Waals surface area (Å²) in [5.74, 6) is 0.285. The molecule has 0 saturated carbocycles. The Balaban J connectivity index is 1.44. The van der Waals surface area contributed by atoms with E-state index in [1.54, 1.807) is 10.9 Å². The molecule has 27 heavy (non-hydrogen) atoms. The van der Waals surface area contributed by atoms with Crippen molar-refractivity contribution in [2.24, 2.45) is 0 Å². The quantitative estimate of drug-likeness (QED) is 0.797. The van der Waals surface area contributed by atoms with Gasteiger partial charge in [-0.25, -0.2) is 8.42 Å². The second kappa shape index (κ2) is 6.99. The van der Waals surface area contributed by atoms with E-state index < -0.39 is 9.84 Å². The van der Waals surface area contributed by atoms with Gasteiger partial charge in [-0.15, -0.1) is 0 Å². The van der Waals surface area contributed by atoms with Gasteiger partial charge >= 0.3 is 0 Å². The van der Waals surface area contributed by atoms with Crippen LogP contribution < -0.4 is 4.90 Å². The topological polar surface area (TPSA) is 75.5 Å². The normalized spacial score (nSPS) is 22.2. The molecule has 1 atom stereocenters. The number of carbonyl (C=O) groups excluding carboxylic acids is 1. The minimum atomic E-state index is -2.99. The van der Waals surface area contributed by atoms with E-state index in [9.17, 15) is 13.2 Å². The van der Waals surface area contributed by atoms with Crippen molar-refractivity contribution in [2.45, 2.75) is 19.4 Å². The number of amides is 1. The number of hydrogen-bond donors (Lipinski definition) is 0. The summed E-state index contributed by atoms with van der Waals surface area (Å²) in [6.07, 6.45) is 2.15. The average molecular weight is 388 g/mol. The molecule has 2 aliphatic rings. The number of aromatic nitrogens is 2. The molecule has 4 rings (SSSR count). The van der Waals surface area contributed by atoms with Gasteiger partial charge in [0.15, 0.2) is 9.84 Å². The average Bonchev–Trinajstić information content (AvgIpc) is 3.24. The molecule has 1 unspecified atom stereocenters. The van der Waals surface area contributed by atoms with E-state index in [4.69, 9.17) is 0 Å². The smallest absolute Gasteiger partial charge is 0.257 e. The highest BCUT2D eigenvalue weighted by Gasteiger charge is 2.32. The molecule has 2 aliphatic heterocycles. The van der Waals surface area contributed by atoms with Crippen LogP contribution in [0.4, 0.5) is 5.69 Å². The number of sulfone groups is 1. The van der Waals surface area contributed by atoms with Crippen molar-refractivity contribution in [2.75, 3.05) is 42.6 Å². The Morgan fingerprint density at radius 3 is 2.44 bits per heavy atom. The second-order valence-electron chi connectivity index (χ2n) is 7.26. The van der Waals surface area contributed by atoms with E-state index in [1.807, 2.05) is 30.0 Å². The zero-order chi connectivity index (χ0) is 19.0. The van der Waals surface area contributed by atoms with Crippen molar-refractivity contribution in [1.82, 2.24) is 14.7 Å². The fourth-order valence-corrected chi connectivity index (χ4v) is 5.64. The maximum Gasteiger partial charge on any atom is 0.257 e. The van der Waals surface area contributed by atoms with Crippen LogP contribution in [0.1, 0.15) is 28.5 Å². The second-order valence-corrected chi connectivity index (χ2v) is 9.49. The largest absolute Gasteiger partial charge is 0.368 e. The fourth-order valence-electron chi connectivity index (χ4n) is 3.95. The van der Waals surface area contributed by atoms with Crippen molar-refractivity contribution in [3.63, 3.8) is 0 Å². The first-order chi connectivity index (χ1) is 12.9. The van der Waals surface area contributed by atoms with Gasteiger partial charge in [-0.2, -0.15) is 5.10 Å². The van der Waals surface area contributed by atoms with Gasteiger partial charge in [0.05, 0.1) is 29.3 Å². The summed E-state index contributed by atoms with van der Waals surface area (Å²) in [6.45, 7) is 4.77. The first kappa shape index (κ1) is 18.0. The number of rotatable bonds is 3. The Labute approximate surface area is 159 Å². The third kappa shape index (κ3) is 3.58. The van der Waals surface area contributed by atoms with Gasteiger partial charge in [0, 0.05) is 37.6 Å². The number of piperazine rings is 1. The minimum absolute atomic E-state index is 0.0210. The van der Waals surface area contributed by atoms with Gasteiger partial charge < -0.3 is 9.80 Å². The van der Waals surface area contributed by atoms with Crippen LogP contribution in [0, 0.1) is 6.92 Å². The first-order valence-corrected chi connectivity index (χ1v) is 11.1. The molecule has 1 aromatic carbocycles. The van der Waals surface area contributed by atoms with Crippen molar-refractivity contribution >= 4 is 21.4 Å². The van der Waals surface area contributed by atoms with Crippen LogP contribution in [-0.4, -0.2) is 66.7 Å². The van der Waals surface area contributed by atoms with E-state index in [0.29, 0.717) is 25.1 Å². The molecule has 0 radical (unpaired) electrons. The molecule has 0 aliphatic carbocycles. The Kier molecular flexibility index (Phi) is 4.67. The standard InChI is InChI=1S/C19H24N4O3S/c1-15-18(13-20-23(15)17-7-12-27(25,26)14-17)19(24)22-10-8-21(9-11-22)16-5-3-2-4-6-16/h2-6,13,17H,7-12,14H2,1H3. The summed E-state index contributed by atoms with van der Waals surface area (Å²) in [6, 6.07) is 10.1. The maximum atomic E-state index is 13.0. The Morgan fingerprint density at radius 1 is 1.11 bits per heavy atom. The number of nitrogens with zero attached hydrogens (tertiary/aromatic N) is 4. The predicted octanol–water partition coefficient (Wildman–Crippen LogP) is 1.51. The lowest BCUT2D eigenvalue weighted by Gasteiger charge is -2.36. The number of anilines is 1.